The number of rotatable bonds is 4. The summed E-state index contributed by atoms with van der Waals surface area (Å²) in [5.74, 6) is -0.609. The summed E-state index contributed by atoms with van der Waals surface area (Å²) >= 11 is 1.48. The fourth-order valence-corrected chi connectivity index (χ4v) is 4.27. The van der Waals surface area contributed by atoms with Gasteiger partial charge in [-0.1, -0.05) is 6.42 Å². The third kappa shape index (κ3) is 3.57. The molecule has 0 radical (unpaired) electrons. The highest BCUT2D eigenvalue weighted by atomic mass is 32.1. The standard InChI is InChI=1S/C18H19F2N3OS/c19-13-4-5-14(20)12(8-13)9-23-7-6-15-16(10-23)25-18(21-15)22-17(24)11-2-1-3-11/h4-5,8,11H,1-3,6-7,9-10H2,(H,21,22,24). The second kappa shape index (κ2) is 6.80. The highest BCUT2D eigenvalue weighted by molar-refractivity contribution is 7.15. The number of hydrogen-bond donors (Lipinski definition) is 1. The molecule has 1 N–H and O–H groups in total. The predicted molar refractivity (Wildman–Crippen MR) is 92.3 cm³/mol. The van der Waals surface area contributed by atoms with E-state index < -0.39 is 5.82 Å². The molecule has 0 unspecified atom stereocenters. The van der Waals surface area contributed by atoms with Gasteiger partial charge in [-0.15, -0.1) is 11.3 Å². The molecule has 4 rings (SSSR count). The number of anilines is 1. The van der Waals surface area contributed by atoms with Crippen LogP contribution in [0.3, 0.4) is 0 Å². The molecule has 1 saturated carbocycles. The van der Waals surface area contributed by atoms with E-state index in [9.17, 15) is 13.6 Å². The van der Waals surface area contributed by atoms with Crippen LogP contribution in [0.2, 0.25) is 0 Å². The molecule has 0 spiro atoms. The van der Waals surface area contributed by atoms with Crippen molar-refractivity contribution in [1.82, 2.24) is 9.88 Å². The zero-order valence-electron chi connectivity index (χ0n) is 13.7. The summed E-state index contributed by atoms with van der Waals surface area (Å²) in [5.41, 5.74) is 1.37. The molecule has 2 aliphatic rings. The maximum Gasteiger partial charge on any atom is 0.229 e. The minimum absolute atomic E-state index is 0.0658. The van der Waals surface area contributed by atoms with E-state index in [2.05, 4.69) is 15.2 Å². The van der Waals surface area contributed by atoms with Crippen molar-refractivity contribution in [1.29, 1.82) is 0 Å². The second-order valence-electron chi connectivity index (χ2n) is 6.70. The Morgan fingerprint density at radius 3 is 2.96 bits per heavy atom. The number of hydrogen-bond acceptors (Lipinski definition) is 4. The van der Waals surface area contributed by atoms with E-state index in [1.165, 1.54) is 23.5 Å². The third-order valence-electron chi connectivity index (χ3n) is 4.92. The van der Waals surface area contributed by atoms with Gasteiger partial charge < -0.3 is 5.32 Å². The smallest absolute Gasteiger partial charge is 0.229 e. The second-order valence-corrected chi connectivity index (χ2v) is 7.79. The van der Waals surface area contributed by atoms with Crippen LogP contribution in [0, 0.1) is 17.6 Å². The largest absolute Gasteiger partial charge is 0.302 e. The molecule has 0 saturated heterocycles. The van der Waals surface area contributed by atoms with Crippen LogP contribution in [-0.4, -0.2) is 22.3 Å². The lowest BCUT2D eigenvalue weighted by Gasteiger charge is -2.25. The molecule has 1 aromatic carbocycles. The van der Waals surface area contributed by atoms with Crippen molar-refractivity contribution in [2.75, 3.05) is 11.9 Å². The van der Waals surface area contributed by atoms with Gasteiger partial charge in [0.15, 0.2) is 5.13 Å². The van der Waals surface area contributed by atoms with Gasteiger partial charge in [0.2, 0.25) is 5.91 Å². The molecule has 1 aliphatic heterocycles. The molecule has 1 aromatic heterocycles. The summed E-state index contributed by atoms with van der Waals surface area (Å²) in [5, 5.41) is 3.58. The van der Waals surface area contributed by atoms with Crippen molar-refractivity contribution >= 4 is 22.4 Å². The van der Waals surface area contributed by atoms with E-state index in [4.69, 9.17) is 0 Å². The summed E-state index contributed by atoms with van der Waals surface area (Å²) in [6.07, 6.45) is 3.80. The van der Waals surface area contributed by atoms with Gasteiger partial charge in [0, 0.05) is 42.4 Å². The third-order valence-corrected chi connectivity index (χ3v) is 5.92. The zero-order chi connectivity index (χ0) is 17.4. The lowest BCUT2D eigenvalue weighted by Crippen LogP contribution is -2.29. The van der Waals surface area contributed by atoms with E-state index in [0.29, 0.717) is 23.8 Å². The number of amides is 1. The lowest BCUT2D eigenvalue weighted by atomic mass is 9.85. The van der Waals surface area contributed by atoms with Crippen LogP contribution in [0.4, 0.5) is 13.9 Å². The first-order chi connectivity index (χ1) is 12.1. The van der Waals surface area contributed by atoms with Crippen LogP contribution < -0.4 is 5.32 Å². The number of halogens is 2. The first kappa shape index (κ1) is 16.6. The number of carbonyl (C=O) groups is 1. The summed E-state index contributed by atoms with van der Waals surface area (Å²) in [4.78, 5) is 19.8. The van der Waals surface area contributed by atoms with Crippen LogP contribution in [0.1, 0.15) is 35.4 Å². The normalized spacial score (nSPS) is 17.8. The summed E-state index contributed by atoms with van der Waals surface area (Å²) in [7, 11) is 0. The number of carbonyl (C=O) groups excluding carboxylic acids is 1. The van der Waals surface area contributed by atoms with E-state index >= 15 is 0 Å². The Morgan fingerprint density at radius 1 is 1.36 bits per heavy atom. The van der Waals surface area contributed by atoms with Gasteiger partial charge >= 0.3 is 0 Å². The average Bonchev–Trinajstić information content (AvgIpc) is 2.90. The van der Waals surface area contributed by atoms with Gasteiger partial charge in [0.1, 0.15) is 11.6 Å². The molecule has 2 aromatic rings. The number of nitrogens with zero attached hydrogens (tertiary/aromatic N) is 2. The van der Waals surface area contributed by atoms with Crippen molar-refractivity contribution in [2.45, 2.75) is 38.8 Å². The molecule has 1 amide bonds. The zero-order valence-corrected chi connectivity index (χ0v) is 14.5. The quantitative estimate of drug-likeness (QED) is 0.901. The monoisotopic (exact) mass is 363 g/mol. The fourth-order valence-electron chi connectivity index (χ4n) is 3.22. The van der Waals surface area contributed by atoms with Gasteiger partial charge in [0.25, 0.3) is 0 Å². The number of nitrogens with one attached hydrogen (secondary N) is 1. The maximum absolute atomic E-state index is 13.8. The van der Waals surface area contributed by atoms with Crippen LogP contribution in [0.5, 0.6) is 0 Å². The number of thiazole rings is 1. The average molecular weight is 363 g/mol. The lowest BCUT2D eigenvalue weighted by molar-refractivity contribution is -0.122. The molecule has 4 nitrogen and oxygen atoms in total. The first-order valence-corrected chi connectivity index (χ1v) is 9.36. The Kier molecular flexibility index (Phi) is 4.52. The predicted octanol–water partition coefficient (Wildman–Crippen LogP) is 3.72. The highest BCUT2D eigenvalue weighted by Crippen LogP contribution is 2.32. The van der Waals surface area contributed by atoms with Crippen molar-refractivity contribution in [3.63, 3.8) is 0 Å². The van der Waals surface area contributed by atoms with E-state index in [-0.39, 0.29) is 17.6 Å². The topological polar surface area (TPSA) is 45.2 Å². The van der Waals surface area contributed by atoms with Gasteiger partial charge in [-0.2, -0.15) is 0 Å². The van der Waals surface area contributed by atoms with Crippen molar-refractivity contribution < 1.29 is 13.6 Å². The Balaban J connectivity index is 1.42. The number of aromatic nitrogens is 1. The Labute approximate surface area is 148 Å². The molecule has 0 atom stereocenters. The highest BCUT2D eigenvalue weighted by Gasteiger charge is 2.27. The molecule has 2 heterocycles. The van der Waals surface area contributed by atoms with Crippen molar-refractivity contribution in [2.24, 2.45) is 5.92 Å². The Morgan fingerprint density at radius 2 is 2.20 bits per heavy atom. The van der Waals surface area contributed by atoms with E-state index in [0.717, 1.165) is 48.9 Å². The van der Waals surface area contributed by atoms with Crippen LogP contribution >= 0.6 is 11.3 Å². The summed E-state index contributed by atoms with van der Waals surface area (Å²) in [6, 6.07) is 3.55. The SMILES string of the molecule is O=C(Nc1nc2c(s1)CN(Cc1cc(F)ccc1F)CC2)C1CCC1. The molecule has 1 fully saturated rings. The van der Waals surface area contributed by atoms with E-state index in [1.807, 2.05) is 0 Å². The summed E-state index contributed by atoms with van der Waals surface area (Å²) < 4.78 is 27.2. The Hall–Kier alpha value is -1.86. The molecule has 0 bridgehead atoms. The van der Waals surface area contributed by atoms with Gasteiger partial charge in [-0.05, 0) is 31.0 Å². The van der Waals surface area contributed by atoms with Crippen molar-refractivity contribution in [3.05, 3.63) is 46.0 Å². The first-order valence-electron chi connectivity index (χ1n) is 8.54. The number of fused-ring (bicyclic) bond motifs is 1. The minimum atomic E-state index is -0.423. The molecule has 25 heavy (non-hydrogen) atoms. The van der Waals surface area contributed by atoms with E-state index in [1.54, 1.807) is 0 Å². The Bertz CT molecular complexity index is 804. The fraction of sp³-hybridized carbons (Fsp3) is 0.444. The van der Waals surface area contributed by atoms with Gasteiger partial charge in [-0.3, -0.25) is 9.69 Å². The van der Waals surface area contributed by atoms with Crippen LogP contribution in [0.25, 0.3) is 0 Å². The molecule has 7 heteroatoms. The maximum atomic E-state index is 13.8. The number of benzene rings is 1. The summed E-state index contributed by atoms with van der Waals surface area (Å²) in [6.45, 7) is 1.75. The minimum Gasteiger partial charge on any atom is -0.302 e. The molecular weight excluding hydrogens is 344 g/mol. The molecule has 132 valence electrons. The van der Waals surface area contributed by atoms with Gasteiger partial charge in [-0.25, -0.2) is 13.8 Å². The molecular formula is C18H19F2N3OS. The molecule has 1 aliphatic carbocycles. The van der Waals surface area contributed by atoms with Gasteiger partial charge in [0.05, 0.1) is 5.69 Å². The van der Waals surface area contributed by atoms with Crippen LogP contribution in [-0.2, 0) is 24.3 Å². The van der Waals surface area contributed by atoms with Crippen LogP contribution in [0.15, 0.2) is 18.2 Å². The van der Waals surface area contributed by atoms with Crippen molar-refractivity contribution in [3.8, 4) is 0 Å².